The smallest absolute Gasteiger partial charge is 0.259 e. The van der Waals surface area contributed by atoms with Crippen molar-refractivity contribution in [2.45, 2.75) is 13.8 Å². The summed E-state index contributed by atoms with van der Waals surface area (Å²) >= 11 is 0. The number of pyridine rings is 1. The third kappa shape index (κ3) is 4.53. The van der Waals surface area contributed by atoms with E-state index in [1.807, 2.05) is 23.6 Å². The van der Waals surface area contributed by atoms with Crippen LogP contribution in [0.1, 0.15) is 34.6 Å². The predicted molar refractivity (Wildman–Crippen MR) is 111 cm³/mol. The highest BCUT2D eigenvalue weighted by Gasteiger charge is 2.26. The molecule has 0 saturated carbocycles. The summed E-state index contributed by atoms with van der Waals surface area (Å²) in [6.45, 7) is 6.12. The molecule has 1 fully saturated rings. The molecule has 0 bridgehead atoms. The maximum Gasteiger partial charge on any atom is 0.259 e. The summed E-state index contributed by atoms with van der Waals surface area (Å²) in [6, 6.07) is 9.98. The van der Waals surface area contributed by atoms with Crippen molar-refractivity contribution in [1.82, 2.24) is 9.88 Å². The number of primary amides is 1. The minimum atomic E-state index is -0.613. The molecule has 0 spiro atoms. The molecule has 0 atom stereocenters. The maximum absolute atomic E-state index is 12.9. The first-order chi connectivity index (χ1) is 13.9. The van der Waals surface area contributed by atoms with Gasteiger partial charge in [0, 0.05) is 38.3 Å². The summed E-state index contributed by atoms with van der Waals surface area (Å²) in [5.74, 6) is -0.339. The third-order valence-corrected chi connectivity index (χ3v) is 4.86. The lowest BCUT2D eigenvalue weighted by atomic mass is 10.1. The lowest BCUT2D eigenvalue weighted by Gasteiger charge is -2.36. The second-order valence-electron chi connectivity index (χ2n) is 7.21. The second kappa shape index (κ2) is 8.72. The minimum absolute atomic E-state index is 0.0388. The van der Waals surface area contributed by atoms with E-state index in [0.717, 1.165) is 0 Å². The van der Waals surface area contributed by atoms with Gasteiger partial charge in [-0.15, -0.1) is 0 Å². The number of nitrogens with zero attached hydrogens (tertiary/aromatic N) is 3. The van der Waals surface area contributed by atoms with Gasteiger partial charge in [-0.3, -0.25) is 14.4 Å². The fourth-order valence-corrected chi connectivity index (χ4v) is 3.33. The minimum Gasteiger partial charge on any atom is -0.366 e. The SMILES string of the molecule is CC(C)C(=O)N1CCN(c2ncccc2C(=O)Nc2ccccc2C(N)=O)CC1. The zero-order valence-electron chi connectivity index (χ0n) is 16.6. The molecule has 1 aromatic carbocycles. The number of para-hydroxylation sites is 1. The summed E-state index contributed by atoms with van der Waals surface area (Å²) in [6.07, 6.45) is 1.63. The van der Waals surface area contributed by atoms with Crippen molar-refractivity contribution in [1.29, 1.82) is 0 Å². The Morgan fingerprint density at radius 3 is 2.31 bits per heavy atom. The molecule has 1 aromatic heterocycles. The van der Waals surface area contributed by atoms with E-state index in [4.69, 9.17) is 5.73 Å². The van der Waals surface area contributed by atoms with Gasteiger partial charge in [0.25, 0.3) is 11.8 Å². The van der Waals surface area contributed by atoms with Crippen LogP contribution in [0, 0.1) is 5.92 Å². The Morgan fingerprint density at radius 1 is 1.00 bits per heavy atom. The molecule has 0 radical (unpaired) electrons. The van der Waals surface area contributed by atoms with Crippen LogP contribution >= 0.6 is 0 Å². The van der Waals surface area contributed by atoms with Crippen molar-refractivity contribution < 1.29 is 14.4 Å². The van der Waals surface area contributed by atoms with Crippen LogP contribution in [0.5, 0.6) is 0 Å². The molecule has 1 aliphatic heterocycles. The van der Waals surface area contributed by atoms with Crippen molar-refractivity contribution in [2.24, 2.45) is 11.7 Å². The number of piperazine rings is 1. The monoisotopic (exact) mass is 395 g/mol. The number of carbonyl (C=O) groups excluding carboxylic acids is 3. The lowest BCUT2D eigenvalue weighted by molar-refractivity contribution is -0.134. The van der Waals surface area contributed by atoms with Gasteiger partial charge in [0.2, 0.25) is 5.91 Å². The van der Waals surface area contributed by atoms with E-state index < -0.39 is 5.91 Å². The van der Waals surface area contributed by atoms with Gasteiger partial charge in [0.15, 0.2) is 0 Å². The van der Waals surface area contributed by atoms with Crippen LogP contribution in [0.2, 0.25) is 0 Å². The summed E-state index contributed by atoms with van der Waals surface area (Å²) in [5, 5.41) is 2.76. The number of hydrogen-bond acceptors (Lipinski definition) is 5. The van der Waals surface area contributed by atoms with Gasteiger partial charge >= 0.3 is 0 Å². The van der Waals surface area contributed by atoms with Crippen molar-refractivity contribution in [3.8, 4) is 0 Å². The number of hydrogen-bond donors (Lipinski definition) is 2. The van der Waals surface area contributed by atoms with E-state index in [9.17, 15) is 14.4 Å². The fraction of sp³-hybridized carbons (Fsp3) is 0.333. The fourth-order valence-electron chi connectivity index (χ4n) is 3.33. The van der Waals surface area contributed by atoms with Crippen LogP contribution in [0.4, 0.5) is 11.5 Å². The first-order valence-corrected chi connectivity index (χ1v) is 9.57. The van der Waals surface area contributed by atoms with Crippen LogP contribution in [0.3, 0.4) is 0 Å². The molecule has 3 N–H and O–H groups in total. The van der Waals surface area contributed by atoms with Gasteiger partial charge in [-0.05, 0) is 24.3 Å². The van der Waals surface area contributed by atoms with Crippen LogP contribution < -0.4 is 16.0 Å². The first kappa shape index (κ1) is 20.3. The number of rotatable bonds is 5. The first-order valence-electron chi connectivity index (χ1n) is 9.57. The van der Waals surface area contributed by atoms with Gasteiger partial charge in [0.1, 0.15) is 5.82 Å². The van der Waals surface area contributed by atoms with Gasteiger partial charge in [0.05, 0.1) is 16.8 Å². The van der Waals surface area contributed by atoms with E-state index in [-0.39, 0.29) is 23.3 Å². The molecule has 2 heterocycles. The number of carbonyl (C=O) groups is 3. The van der Waals surface area contributed by atoms with Crippen molar-refractivity contribution in [3.63, 3.8) is 0 Å². The summed E-state index contributed by atoms with van der Waals surface area (Å²) < 4.78 is 0. The Balaban J connectivity index is 1.77. The molecule has 3 rings (SSSR count). The number of anilines is 2. The molecule has 1 saturated heterocycles. The van der Waals surface area contributed by atoms with Crippen LogP contribution in [-0.4, -0.2) is 53.8 Å². The van der Waals surface area contributed by atoms with E-state index in [1.165, 1.54) is 0 Å². The van der Waals surface area contributed by atoms with E-state index >= 15 is 0 Å². The highest BCUT2D eigenvalue weighted by atomic mass is 16.2. The summed E-state index contributed by atoms with van der Waals surface area (Å²) in [4.78, 5) is 45.0. The standard InChI is InChI=1S/C21H25N5O3/c1-14(2)21(29)26-12-10-25(11-13-26)19-16(7-5-9-23-19)20(28)24-17-8-4-3-6-15(17)18(22)27/h3-9,14H,10-13H2,1-2H3,(H2,22,27)(H,24,28). The molecular formula is C21H25N5O3. The number of nitrogens with two attached hydrogens (primary N) is 1. The van der Waals surface area contributed by atoms with Gasteiger partial charge in [-0.1, -0.05) is 26.0 Å². The topological polar surface area (TPSA) is 109 Å². The Bertz CT molecular complexity index is 920. The second-order valence-corrected chi connectivity index (χ2v) is 7.21. The molecule has 0 aliphatic carbocycles. The molecule has 8 nitrogen and oxygen atoms in total. The van der Waals surface area contributed by atoms with Gasteiger partial charge in [-0.25, -0.2) is 4.98 Å². The molecule has 3 amide bonds. The third-order valence-electron chi connectivity index (χ3n) is 4.86. The van der Waals surface area contributed by atoms with Gasteiger partial charge in [-0.2, -0.15) is 0 Å². The Labute approximate surface area is 169 Å². The number of benzene rings is 1. The van der Waals surface area contributed by atoms with Crippen molar-refractivity contribution in [2.75, 3.05) is 36.4 Å². The van der Waals surface area contributed by atoms with E-state index in [0.29, 0.717) is 43.2 Å². The molecule has 0 unspecified atom stereocenters. The quantitative estimate of drug-likeness (QED) is 0.802. The Hall–Kier alpha value is -3.42. The number of nitrogens with one attached hydrogen (secondary N) is 1. The molecule has 1 aliphatic rings. The predicted octanol–water partition coefficient (Wildman–Crippen LogP) is 1.74. The van der Waals surface area contributed by atoms with Crippen LogP contribution in [-0.2, 0) is 4.79 Å². The van der Waals surface area contributed by atoms with E-state index in [1.54, 1.807) is 42.6 Å². The van der Waals surface area contributed by atoms with Crippen molar-refractivity contribution in [3.05, 3.63) is 53.7 Å². The highest BCUT2D eigenvalue weighted by Crippen LogP contribution is 2.22. The molecule has 29 heavy (non-hydrogen) atoms. The maximum atomic E-state index is 12.9. The van der Waals surface area contributed by atoms with Crippen LogP contribution in [0.15, 0.2) is 42.6 Å². The highest BCUT2D eigenvalue weighted by molar-refractivity contribution is 6.10. The average Bonchev–Trinajstić information content (AvgIpc) is 2.73. The largest absolute Gasteiger partial charge is 0.366 e. The summed E-state index contributed by atoms with van der Waals surface area (Å²) in [5.41, 5.74) is 6.39. The van der Waals surface area contributed by atoms with E-state index in [2.05, 4.69) is 10.3 Å². The molecular weight excluding hydrogens is 370 g/mol. The Morgan fingerprint density at radius 2 is 1.66 bits per heavy atom. The zero-order valence-corrected chi connectivity index (χ0v) is 16.6. The molecule has 152 valence electrons. The van der Waals surface area contributed by atoms with Gasteiger partial charge < -0.3 is 20.9 Å². The lowest BCUT2D eigenvalue weighted by Crippen LogP contribution is -2.50. The zero-order chi connectivity index (χ0) is 21.0. The Kier molecular flexibility index (Phi) is 6.11. The van der Waals surface area contributed by atoms with Crippen molar-refractivity contribution >= 4 is 29.2 Å². The molecule has 2 aromatic rings. The average molecular weight is 395 g/mol. The number of amides is 3. The molecule has 8 heteroatoms. The van der Waals surface area contributed by atoms with Crippen LogP contribution in [0.25, 0.3) is 0 Å². The summed E-state index contributed by atoms with van der Waals surface area (Å²) in [7, 11) is 0. The number of aromatic nitrogens is 1. The normalized spacial score (nSPS) is 14.0.